The molecule has 2 N–H and O–H groups in total. The van der Waals surface area contributed by atoms with Gasteiger partial charge >= 0.3 is 0 Å². The summed E-state index contributed by atoms with van der Waals surface area (Å²) in [5, 5.41) is 17.2. The van der Waals surface area contributed by atoms with Crippen molar-refractivity contribution in [3.63, 3.8) is 0 Å². The summed E-state index contributed by atoms with van der Waals surface area (Å²) in [5.41, 5.74) is 1.67. The summed E-state index contributed by atoms with van der Waals surface area (Å²) in [4.78, 5) is 40.0. The molecule has 11 nitrogen and oxygen atoms in total. The summed E-state index contributed by atoms with van der Waals surface area (Å²) in [6, 6.07) is 11.2. The van der Waals surface area contributed by atoms with E-state index in [1.165, 1.54) is 6.07 Å². The molecule has 0 radical (unpaired) electrons. The number of anilines is 3. The summed E-state index contributed by atoms with van der Waals surface area (Å²) >= 11 is 0. The van der Waals surface area contributed by atoms with Crippen LogP contribution in [0.15, 0.2) is 42.5 Å². The van der Waals surface area contributed by atoms with Crippen molar-refractivity contribution < 1.29 is 24.0 Å². The maximum Gasteiger partial charge on any atom is 0.293 e. The van der Waals surface area contributed by atoms with Gasteiger partial charge in [-0.05, 0) is 36.4 Å². The van der Waals surface area contributed by atoms with Gasteiger partial charge in [-0.3, -0.25) is 24.6 Å². The van der Waals surface area contributed by atoms with E-state index in [4.69, 9.17) is 9.47 Å². The second-order valence-electron chi connectivity index (χ2n) is 8.03. The summed E-state index contributed by atoms with van der Waals surface area (Å²) < 4.78 is 10.6. The topological polar surface area (TPSA) is 126 Å². The second kappa shape index (κ2) is 11.1. The molecular formula is C23H27N5O6. The van der Waals surface area contributed by atoms with Crippen molar-refractivity contribution in [2.75, 3.05) is 74.7 Å². The zero-order chi connectivity index (χ0) is 23.9. The highest BCUT2D eigenvalue weighted by molar-refractivity contribution is 6.05. The van der Waals surface area contributed by atoms with Crippen molar-refractivity contribution in [3.8, 4) is 0 Å². The molecule has 2 amide bonds. The van der Waals surface area contributed by atoms with E-state index < -0.39 is 10.8 Å². The SMILES string of the molecule is O=C(CN1CCOCC1)Nc1ccc(NC(=O)c2ccc(N3CCOCC3)c([N+](=O)[O-])c2)cc1. The third-order valence-corrected chi connectivity index (χ3v) is 5.68. The molecule has 0 aliphatic carbocycles. The van der Waals surface area contributed by atoms with Crippen LogP contribution in [0.25, 0.3) is 0 Å². The molecule has 0 spiro atoms. The Morgan fingerprint density at radius 2 is 1.47 bits per heavy atom. The Bertz CT molecular complexity index is 1030. The summed E-state index contributed by atoms with van der Waals surface area (Å²) in [7, 11) is 0. The lowest BCUT2D eigenvalue weighted by Crippen LogP contribution is -2.41. The average Bonchev–Trinajstić information content (AvgIpc) is 2.86. The second-order valence-corrected chi connectivity index (χ2v) is 8.03. The van der Waals surface area contributed by atoms with Crippen LogP contribution in [0, 0.1) is 10.1 Å². The highest BCUT2D eigenvalue weighted by Crippen LogP contribution is 2.30. The average molecular weight is 469 g/mol. The normalized spacial score (nSPS) is 16.6. The lowest BCUT2D eigenvalue weighted by atomic mass is 10.1. The molecule has 2 aromatic carbocycles. The number of amides is 2. The van der Waals surface area contributed by atoms with Gasteiger partial charge in [0.1, 0.15) is 5.69 Å². The number of benzene rings is 2. The van der Waals surface area contributed by atoms with Crippen LogP contribution in [-0.2, 0) is 14.3 Å². The predicted molar refractivity (Wildman–Crippen MR) is 126 cm³/mol. The van der Waals surface area contributed by atoms with E-state index in [1.54, 1.807) is 36.4 Å². The number of morpholine rings is 2. The molecular weight excluding hydrogens is 442 g/mol. The number of nitro groups is 1. The van der Waals surface area contributed by atoms with Crippen molar-refractivity contribution in [1.29, 1.82) is 0 Å². The molecule has 0 aromatic heterocycles. The monoisotopic (exact) mass is 469 g/mol. The Hall–Kier alpha value is -3.54. The van der Waals surface area contributed by atoms with Crippen LogP contribution in [0.5, 0.6) is 0 Å². The third kappa shape index (κ3) is 6.07. The molecule has 4 rings (SSSR count). The molecule has 34 heavy (non-hydrogen) atoms. The highest BCUT2D eigenvalue weighted by Gasteiger charge is 2.23. The number of nitrogens with one attached hydrogen (secondary N) is 2. The van der Waals surface area contributed by atoms with E-state index in [0.29, 0.717) is 63.1 Å². The number of carbonyl (C=O) groups excluding carboxylic acids is 2. The van der Waals surface area contributed by atoms with Gasteiger partial charge in [-0.1, -0.05) is 0 Å². The summed E-state index contributed by atoms with van der Waals surface area (Å²) in [6.07, 6.45) is 0. The number of nitrogens with zero attached hydrogens (tertiary/aromatic N) is 3. The van der Waals surface area contributed by atoms with Crippen molar-refractivity contribution >= 4 is 34.6 Å². The van der Waals surface area contributed by atoms with Crippen LogP contribution >= 0.6 is 0 Å². The van der Waals surface area contributed by atoms with E-state index >= 15 is 0 Å². The maximum absolute atomic E-state index is 12.7. The van der Waals surface area contributed by atoms with Gasteiger partial charge in [-0.25, -0.2) is 0 Å². The van der Waals surface area contributed by atoms with Crippen molar-refractivity contribution in [2.45, 2.75) is 0 Å². The zero-order valence-corrected chi connectivity index (χ0v) is 18.7. The van der Waals surface area contributed by atoms with E-state index in [-0.39, 0.29) is 17.2 Å². The first-order valence-corrected chi connectivity index (χ1v) is 11.1. The molecule has 2 aliphatic heterocycles. The van der Waals surface area contributed by atoms with Gasteiger partial charge in [0.2, 0.25) is 5.91 Å². The van der Waals surface area contributed by atoms with Crippen LogP contribution in [0.1, 0.15) is 10.4 Å². The van der Waals surface area contributed by atoms with Crippen LogP contribution in [-0.4, -0.2) is 80.8 Å². The predicted octanol–water partition coefficient (Wildman–Crippen LogP) is 1.95. The first-order valence-electron chi connectivity index (χ1n) is 11.1. The Balaban J connectivity index is 1.37. The fourth-order valence-corrected chi connectivity index (χ4v) is 3.89. The minimum absolute atomic E-state index is 0.118. The molecule has 0 bridgehead atoms. The Kier molecular flexibility index (Phi) is 7.68. The lowest BCUT2D eigenvalue weighted by molar-refractivity contribution is -0.384. The number of hydrogen-bond donors (Lipinski definition) is 2. The number of carbonyl (C=O) groups is 2. The number of nitro benzene ring substituents is 1. The molecule has 2 aliphatic rings. The minimum Gasteiger partial charge on any atom is -0.379 e. The van der Waals surface area contributed by atoms with Crippen molar-refractivity contribution in [1.82, 2.24) is 4.90 Å². The fourth-order valence-electron chi connectivity index (χ4n) is 3.89. The molecule has 0 unspecified atom stereocenters. The van der Waals surface area contributed by atoms with Crippen molar-refractivity contribution in [3.05, 3.63) is 58.1 Å². The molecule has 0 atom stereocenters. The van der Waals surface area contributed by atoms with Gasteiger partial charge < -0.3 is 25.0 Å². The van der Waals surface area contributed by atoms with E-state index in [9.17, 15) is 19.7 Å². The van der Waals surface area contributed by atoms with Crippen LogP contribution in [0.2, 0.25) is 0 Å². The van der Waals surface area contributed by atoms with Gasteiger partial charge in [0.15, 0.2) is 0 Å². The Labute approximate surface area is 196 Å². The van der Waals surface area contributed by atoms with Gasteiger partial charge in [-0.15, -0.1) is 0 Å². The van der Waals surface area contributed by atoms with Gasteiger partial charge in [0, 0.05) is 49.2 Å². The van der Waals surface area contributed by atoms with Gasteiger partial charge in [-0.2, -0.15) is 0 Å². The molecule has 2 heterocycles. The van der Waals surface area contributed by atoms with Crippen LogP contribution in [0.3, 0.4) is 0 Å². The van der Waals surface area contributed by atoms with Crippen molar-refractivity contribution in [2.24, 2.45) is 0 Å². The van der Waals surface area contributed by atoms with Crippen LogP contribution in [0.4, 0.5) is 22.7 Å². The van der Waals surface area contributed by atoms with Gasteiger partial charge in [0.25, 0.3) is 11.6 Å². The lowest BCUT2D eigenvalue weighted by Gasteiger charge is -2.28. The molecule has 180 valence electrons. The minimum atomic E-state index is -0.476. The molecule has 2 aromatic rings. The highest BCUT2D eigenvalue weighted by atomic mass is 16.6. The largest absolute Gasteiger partial charge is 0.379 e. The summed E-state index contributed by atoms with van der Waals surface area (Å²) in [6.45, 7) is 5.12. The third-order valence-electron chi connectivity index (χ3n) is 5.68. The number of rotatable bonds is 7. The van der Waals surface area contributed by atoms with E-state index in [1.807, 2.05) is 9.80 Å². The van der Waals surface area contributed by atoms with Crippen LogP contribution < -0.4 is 15.5 Å². The zero-order valence-electron chi connectivity index (χ0n) is 18.7. The molecule has 2 fully saturated rings. The standard InChI is InChI=1S/C23H27N5O6/c29-22(16-26-7-11-33-12-8-26)24-18-2-4-19(5-3-18)25-23(30)17-1-6-20(21(15-17)28(31)32)27-9-13-34-14-10-27/h1-6,15H,7-14,16H2,(H,24,29)(H,25,30). The summed E-state index contributed by atoms with van der Waals surface area (Å²) in [5.74, 6) is -0.577. The number of ether oxygens (including phenoxy) is 2. The molecule has 0 saturated carbocycles. The number of hydrogen-bond acceptors (Lipinski definition) is 8. The first kappa shape index (κ1) is 23.6. The van der Waals surface area contributed by atoms with E-state index in [0.717, 1.165) is 13.1 Å². The first-order chi connectivity index (χ1) is 16.5. The van der Waals surface area contributed by atoms with Gasteiger partial charge in [0.05, 0.1) is 37.9 Å². The smallest absolute Gasteiger partial charge is 0.293 e. The molecule has 11 heteroatoms. The Morgan fingerprint density at radius 1 is 0.882 bits per heavy atom. The maximum atomic E-state index is 12.7. The fraction of sp³-hybridized carbons (Fsp3) is 0.391. The Morgan fingerprint density at radius 3 is 2.09 bits per heavy atom. The quantitative estimate of drug-likeness (QED) is 0.466. The molecule has 2 saturated heterocycles. The van der Waals surface area contributed by atoms with E-state index in [2.05, 4.69) is 10.6 Å².